The van der Waals surface area contributed by atoms with Crippen molar-refractivity contribution in [3.63, 3.8) is 0 Å². The van der Waals surface area contributed by atoms with E-state index in [9.17, 15) is 0 Å². The van der Waals surface area contributed by atoms with Crippen LogP contribution in [0.15, 0.2) is 35.3 Å². The largest absolute Gasteiger partial charge is 0.381 e. The van der Waals surface area contributed by atoms with Gasteiger partial charge in [-0.1, -0.05) is 18.2 Å². The molecular weight excluding hydrogens is 369 g/mol. The van der Waals surface area contributed by atoms with E-state index in [0.29, 0.717) is 25.0 Å². The molecule has 1 atom stereocenters. The summed E-state index contributed by atoms with van der Waals surface area (Å²) >= 11 is 0. The van der Waals surface area contributed by atoms with Gasteiger partial charge in [-0.3, -0.25) is 4.99 Å². The van der Waals surface area contributed by atoms with Gasteiger partial charge in [-0.05, 0) is 18.6 Å². The molecule has 1 fully saturated rings. The second kappa shape index (κ2) is 9.95. The van der Waals surface area contributed by atoms with Gasteiger partial charge in [0, 0.05) is 18.2 Å². The Hall–Kier alpha value is -0.860. The summed E-state index contributed by atoms with van der Waals surface area (Å²) in [4.78, 5) is 4.21. The molecule has 0 spiro atoms. The predicted octanol–water partition coefficient (Wildman–Crippen LogP) is 2.08. The number of aliphatic imine (C=N–C) groups is 1. The Kier molecular flexibility index (Phi) is 8.56. The quantitative estimate of drug-likeness (QED) is 0.337. The first kappa shape index (κ1) is 17.2. The number of benzene rings is 1. The topological polar surface area (TPSA) is 68.9 Å². The van der Waals surface area contributed by atoms with Crippen molar-refractivity contribution in [1.82, 2.24) is 0 Å². The Labute approximate surface area is 137 Å². The van der Waals surface area contributed by atoms with E-state index in [1.807, 2.05) is 30.3 Å². The maximum Gasteiger partial charge on any atom is 0.193 e. The van der Waals surface area contributed by atoms with E-state index >= 15 is 0 Å². The SMILES string of the molecule is I.NC(=NCCOCC1CCOC1)Nc1ccccc1. The highest BCUT2D eigenvalue weighted by molar-refractivity contribution is 14.0. The van der Waals surface area contributed by atoms with Crippen molar-refractivity contribution < 1.29 is 9.47 Å². The van der Waals surface area contributed by atoms with Crippen LogP contribution in [0, 0.1) is 5.92 Å². The van der Waals surface area contributed by atoms with Gasteiger partial charge in [0.1, 0.15) is 0 Å². The van der Waals surface area contributed by atoms with E-state index in [2.05, 4.69) is 10.3 Å². The molecule has 1 saturated heterocycles. The van der Waals surface area contributed by atoms with Crippen LogP contribution in [-0.2, 0) is 9.47 Å². The average molecular weight is 391 g/mol. The van der Waals surface area contributed by atoms with Gasteiger partial charge < -0.3 is 20.5 Å². The highest BCUT2D eigenvalue weighted by Gasteiger charge is 2.14. The molecule has 1 aromatic carbocycles. The van der Waals surface area contributed by atoms with Crippen molar-refractivity contribution in [3.8, 4) is 0 Å². The molecule has 5 nitrogen and oxygen atoms in total. The molecule has 0 radical (unpaired) electrons. The van der Waals surface area contributed by atoms with Gasteiger partial charge in [0.15, 0.2) is 5.96 Å². The summed E-state index contributed by atoms with van der Waals surface area (Å²) < 4.78 is 10.8. The maximum atomic E-state index is 5.77. The van der Waals surface area contributed by atoms with E-state index in [1.165, 1.54) is 0 Å². The lowest BCUT2D eigenvalue weighted by molar-refractivity contribution is 0.0951. The molecule has 0 bridgehead atoms. The number of anilines is 1. The molecular formula is C14H22IN3O2. The summed E-state index contributed by atoms with van der Waals surface area (Å²) in [7, 11) is 0. The van der Waals surface area contributed by atoms with Gasteiger partial charge in [-0.2, -0.15) is 0 Å². The maximum absolute atomic E-state index is 5.77. The lowest BCUT2D eigenvalue weighted by Crippen LogP contribution is -2.23. The normalized spacial score (nSPS) is 18.6. The van der Waals surface area contributed by atoms with Crippen molar-refractivity contribution >= 4 is 35.6 Å². The van der Waals surface area contributed by atoms with Crippen LogP contribution in [0.4, 0.5) is 5.69 Å². The lowest BCUT2D eigenvalue weighted by Gasteiger charge is -2.08. The Bertz CT molecular complexity index is 395. The third-order valence-electron chi connectivity index (χ3n) is 2.94. The number of nitrogens with two attached hydrogens (primary N) is 1. The van der Waals surface area contributed by atoms with Crippen LogP contribution >= 0.6 is 24.0 Å². The molecule has 20 heavy (non-hydrogen) atoms. The van der Waals surface area contributed by atoms with Crippen molar-refractivity contribution in [3.05, 3.63) is 30.3 Å². The Morgan fingerprint density at radius 3 is 2.90 bits per heavy atom. The zero-order chi connectivity index (χ0) is 13.3. The Morgan fingerprint density at radius 2 is 2.20 bits per heavy atom. The fraction of sp³-hybridized carbons (Fsp3) is 0.500. The van der Waals surface area contributed by atoms with Crippen molar-refractivity contribution in [2.45, 2.75) is 6.42 Å². The van der Waals surface area contributed by atoms with Gasteiger partial charge >= 0.3 is 0 Å². The zero-order valence-electron chi connectivity index (χ0n) is 11.5. The molecule has 3 N–H and O–H groups in total. The minimum atomic E-state index is 0. The van der Waals surface area contributed by atoms with Crippen LogP contribution in [0.1, 0.15) is 6.42 Å². The van der Waals surface area contributed by atoms with Gasteiger partial charge in [0.25, 0.3) is 0 Å². The smallest absolute Gasteiger partial charge is 0.193 e. The number of nitrogens with one attached hydrogen (secondary N) is 1. The highest BCUT2D eigenvalue weighted by Crippen LogP contribution is 2.11. The molecule has 0 aromatic heterocycles. The van der Waals surface area contributed by atoms with Gasteiger partial charge in [0.05, 0.1) is 26.4 Å². The van der Waals surface area contributed by atoms with Crippen molar-refractivity contribution in [2.75, 3.05) is 38.3 Å². The fourth-order valence-corrected chi connectivity index (χ4v) is 1.90. The number of para-hydroxylation sites is 1. The van der Waals surface area contributed by atoms with E-state index < -0.39 is 0 Å². The number of ether oxygens (including phenoxy) is 2. The molecule has 1 aliphatic heterocycles. The second-order valence-electron chi connectivity index (χ2n) is 4.56. The Balaban J connectivity index is 0.00000200. The lowest BCUT2D eigenvalue weighted by atomic mass is 10.1. The van der Waals surface area contributed by atoms with Gasteiger partial charge in [-0.25, -0.2) is 0 Å². The first-order chi connectivity index (χ1) is 9.34. The van der Waals surface area contributed by atoms with E-state index in [-0.39, 0.29) is 24.0 Å². The molecule has 6 heteroatoms. The summed E-state index contributed by atoms with van der Waals surface area (Å²) in [5.41, 5.74) is 6.71. The third-order valence-corrected chi connectivity index (χ3v) is 2.94. The summed E-state index contributed by atoms with van der Waals surface area (Å²) in [6.45, 7) is 3.59. The number of hydrogen-bond acceptors (Lipinski definition) is 3. The summed E-state index contributed by atoms with van der Waals surface area (Å²) in [6.07, 6.45) is 1.10. The van der Waals surface area contributed by atoms with Crippen LogP contribution < -0.4 is 11.1 Å². The highest BCUT2D eigenvalue weighted by atomic mass is 127. The molecule has 0 saturated carbocycles. The summed E-state index contributed by atoms with van der Waals surface area (Å²) in [5.74, 6) is 0.961. The molecule has 2 rings (SSSR count). The van der Waals surface area contributed by atoms with Crippen LogP contribution in [-0.4, -0.2) is 38.9 Å². The van der Waals surface area contributed by atoms with Crippen LogP contribution in [0.5, 0.6) is 0 Å². The monoisotopic (exact) mass is 391 g/mol. The first-order valence-corrected chi connectivity index (χ1v) is 6.62. The molecule has 1 unspecified atom stereocenters. The van der Waals surface area contributed by atoms with E-state index in [1.54, 1.807) is 0 Å². The molecule has 0 amide bonds. The number of nitrogens with zero attached hydrogens (tertiary/aromatic N) is 1. The molecule has 0 aliphatic carbocycles. The summed E-state index contributed by atoms with van der Waals surface area (Å²) in [5, 5.41) is 3.03. The molecule has 1 heterocycles. The van der Waals surface area contributed by atoms with Crippen LogP contribution in [0.25, 0.3) is 0 Å². The van der Waals surface area contributed by atoms with Crippen LogP contribution in [0.3, 0.4) is 0 Å². The molecule has 112 valence electrons. The van der Waals surface area contributed by atoms with E-state index in [4.69, 9.17) is 15.2 Å². The third kappa shape index (κ3) is 6.53. The fourth-order valence-electron chi connectivity index (χ4n) is 1.90. The van der Waals surface area contributed by atoms with Crippen molar-refractivity contribution in [1.29, 1.82) is 0 Å². The zero-order valence-corrected chi connectivity index (χ0v) is 13.8. The Morgan fingerprint density at radius 1 is 1.40 bits per heavy atom. The van der Waals surface area contributed by atoms with Crippen LogP contribution in [0.2, 0.25) is 0 Å². The number of rotatable bonds is 6. The van der Waals surface area contributed by atoms with Gasteiger partial charge in [-0.15, -0.1) is 24.0 Å². The standard InChI is InChI=1S/C14H21N3O2.HI/c15-14(17-13-4-2-1-3-5-13)16-7-9-19-11-12-6-8-18-10-12;/h1-5,12H,6-11H2,(H3,15,16,17);1H. The van der Waals surface area contributed by atoms with Crippen molar-refractivity contribution in [2.24, 2.45) is 16.6 Å². The minimum absolute atomic E-state index is 0. The molecule has 1 aromatic rings. The molecule has 1 aliphatic rings. The first-order valence-electron chi connectivity index (χ1n) is 6.62. The number of halogens is 1. The predicted molar refractivity (Wildman–Crippen MR) is 91.7 cm³/mol. The second-order valence-corrected chi connectivity index (χ2v) is 4.56. The summed E-state index contributed by atoms with van der Waals surface area (Å²) in [6, 6.07) is 9.74. The minimum Gasteiger partial charge on any atom is -0.381 e. The van der Waals surface area contributed by atoms with E-state index in [0.717, 1.165) is 31.9 Å². The van der Waals surface area contributed by atoms with Gasteiger partial charge in [0.2, 0.25) is 0 Å². The number of guanidine groups is 1. The number of hydrogen-bond donors (Lipinski definition) is 2. The average Bonchev–Trinajstić information content (AvgIpc) is 2.92.